The molecule has 0 nitrogen and oxygen atoms in total. The van der Waals surface area contributed by atoms with Crippen LogP contribution in [0.5, 0.6) is 0 Å². The van der Waals surface area contributed by atoms with Gasteiger partial charge in [-0.3, -0.25) is 0 Å². The average molecular weight is 102 g/mol. The fourth-order valence-electron chi connectivity index (χ4n) is 0.167. The molecular weight excluding hydrogens is 89.8 g/mol. The van der Waals surface area contributed by atoms with E-state index in [4.69, 9.17) is 0 Å². The third-order valence-electron chi connectivity index (χ3n) is 1.10. The van der Waals surface area contributed by atoms with E-state index in [1.54, 1.807) is 0 Å². The minimum Gasteiger partial charge on any atom is -0.138 e. The highest BCUT2D eigenvalue weighted by atomic mass is 31.0. The Bertz CT molecular complexity index is 26.7. The van der Waals surface area contributed by atoms with E-state index in [9.17, 15) is 0 Å². The second kappa shape index (κ2) is 3.68. The molecule has 0 N–H and O–H groups in total. The molecule has 0 rings (SSSR count). The van der Waals surface area contributed by atoms with Crippen molar-refractivity contribution in [1.29, 1.82) is 0 Å². The van der Waals surface area contributed by atoms with Gasteiger partial charge in [0.25, 0.3) is 0 Å². The van der Waals surface area contributed by atoms with Crippen molar-refractivity contribution in [3.63, 3.8) is 0 Å². The molecule has 6 heavy (non-hydrogen) atoms. The van der Waals surface area contributed by atoms with Gasteiger partial charge in [0.2, 0.25) is 0 Å². The van der Waals surface area contributed by atoms with E-state index in [2.05, 4.69) is 24.0 Å². The Balaban J connectivity index is 2.75. The van der Waals surface area contributed by atoms with Crippen LogP contribution in [-0.2, 0) is 0 Å². The highest BCUT2D eigenvalue weighted by Gasteiger charge is 1.89. The van der Waals surface area contributed by atoms with E-state index in [0.29, 0.717) is 0 Å². The molecule has 0 spiro atoms. The quantitative estimate of drug-likeness (QED) is 0.355. The molecule has 0 saturated heterocycles. The fraction of sp³-hybridized carbons (Fsp3) is 1.00. The maximum absolute atomic E-state index is 2.74. The molecule has 0 heterocycles. The number of hydrogen-bond acceptors (Lipinski definition) is 0. The number of rotatable bonds is 2. The summed E-state index contributed by atoms with van der Waals surface area (Å²) in [6.45, 7) is 2.22. The molecule has 0 saturated carbocycles. The van der Waals surface area contributed by atoms with E-state index in [-0.39, 0.29) is 0 Å². The SMILES string of the molecule is BC(CC)CP. The first-order chi connectivity index (χ1) is 2.81. The number of hydrogen-bond donors (Lipinski definition) is 0. The van der Waals surface area contributed by atoms with Crippen LogP contribution in [0.4, 0.5) is 0 Å². The van der Waals surface area contributed by atoms with Crippen molar-refractivity contribution in [3.05, 3.63) is 0 Å². The highest BCUT2D eigenvalue weighted by molar-refractivity contribution is 7.16. The zero-order valence-corrected chi connectivity index (χ0v) is 5.72. The van der Waals surface area contributed by atoms with Crippen molar-refractivity contribution in [3.8, 4) is 0 Å². The molecular formula is C4H12BP. The molecule has 0 aliphatic carbocycles. The molecule has 0 aromatic heterocycles. The average Bonchev–Trinajstić information content (AvgIpc) is 1.65. The van der Waals surface area contributed by atoms with Crippen LogP contribution in [-0.4, -0.2) is 14.0 Å². The monoisotopic (exact) mass is 102 g/mol. The van der Waals surface area contributed by atoms with Crippen LogP contribution in [0.2, 0.25) is 5.82 Å². The summed E-state index contributed by atoms with van der Waals surface area (Å²) < 4.78 is 0. The molecule has 36 valence electrons. The summed E-state index contributed by atoms with van der Waals surface area (Å²) in [5, 5.41) is 0. The Kier molecular flexibility index (Phi) is 3.98. The van der Waals surface area contributed by atoms with E-state index >= 15 is 0 Å². The van der Waals surface area contributed by atoms with Crippen LogP contribution in [0.3, 0.4) is 0 Å². The first-order valence-electron chi connectivity index (χ1n) is 2.51. The molecule has 2 atom stereocenters. The molecule has 2 unspecified atom stereocenters. The minimum absolute atomic E-state index is 0.898. The normalized spacial score (nSPS) is 14.3. The summed E-state index contributed by atoms with van der Waals surface area (Å²) in [5.41, 5.74) is 0. The van der Waals surface area contributed by atoms with Crippen LogP contribution in [0.15, 0.2) is 0 Å². The summed E-state index contributed by atoms with van der Waals surface area (Å²) in [6, 6.07) is 0. The molecule has 0 aromatic carbocycles. The largest absolute Gasteiger partial charge is 0.138 e. The summed E-state index contributed by atoms with van der Waals surface area (Å²) >= 11 is 0. The van der Waals surface area contributed by atoms with Gasteiger partial charge in [-0.15, -0.1) is 9.24 Å². The molecule has 0 bridgehead atoms. The second-order valence-corrected chi connectivity index (χ2v) is 2.22. The molecule has 0 fully saturated rings. The van der Waals surface area contributed by atoms with Crippen LogP contribution >= 0.6 is 9.24 Å². The van der Waals surface area contributed by atoms with Gasteiger partial charge in [-0.2, -0.15) is 0 Å². The highest BCUT2D eigenvalue weighted by Crippen LogP contribution is 2.06. The molecule has 0 aliphatic heterocycles. The Morgan fingerprint density at radius 3 is 2.33 bits per heavy atom. The molecule has 0 aromatic rings. The van der Waals surface area contributed by atoms with Gasteiger partial charge >= 0.3 is 0 Å². The van der Waals surface area contributed by atoms with E-state index < -0.39 is 0 Å². The van der Waals surface area contributed by atoms with Gasteiger partial charge in [0, 0.05) is 0 Å². The van der Waals surface area contributed by atoms with Crippen LogP contribution in [0, 0.1) is 0 Å². The lowest BCUT2D eigenvalue weighted by Gasteiger charge is -1.98. The van der Waals surface area contributed by atoms with Gasteiger partial charge in [-0.25, -0.2) is 0 Å². The van der Waals surface area contributed by atoms with Gasteiger partial charge in [-0.05, 0) is 6.16 Å². The zero-order chi connectivity index (χ0) is 4.99. The van der Waals surface area contributed by atoms with Crippen LogP contribution < -0.4 is 0 Å². The first kappa shape index (κ1) is 6.49. The Hall–Kier alpha value is 0.495. The molecule has 2 heteroatoms. The third kappa shape index (κ3) is 2.72. The van der Waals surface area contributed by atoms with Crippen molar-refractivity contribution >= 4 is 17.1 Å². The standard InChI is InChI=1S/C4H12BP/c1-2-4(5)3-6/h4H,2-3,5-6H2,1H3. The lowest BCUT2D eigenvalue weighted by atomic mass is 9.87. The topological polar surface area (TPSA) is 0 Å². The summed E-state index contributed by atoms with van der Waals surface area (Å²) in [7, 11) is 5.00. The zero-order valence-electron chi connectivity index (χ0n) is 4.57. The van der Waals surface area contributed by atoms with Gasteiger partial charge in [0.1, 0.15) is 7.85 Å². The molecule has 0 amide bonds. The lowest BCUT2D eigenvalue weighted by Crippen LogP contribution is -1.87. The summed E-state index contributed by atoms with van der Waals surface area (Å²) in [5.74, 6) is 0.898. The van der Waals surface area contributed by atoms with E-state index in [1.165, 1.54) is 12.6 Å². The van der Waals surface area contributed by atoms with Crippen molar-refractivity contribution in [2.24, 2.45) is 0 Å². The predicted molar refractivity (Wildman–Crippen MR) is 37.2 cm³/mol. The van der Waals surface area contributed by atoms with Gasteiger partial charge in [0.15, 0.2) is 0 Å². The van der Waals surface area contributed by atoms with E-state index in [1.807, 2.05) is 0 Å². The fourth-order valence-corrected chi connectivity index (χ4v) is 0.500. The van der Waals surface area contributed by atoms with Gasteiger partial charge in [-0.1, -0.05) is 19.2 Å². The minimum atomic E-state index is 0.898. The van der Waals surface area contributed by atoms with Crippen molar-refractivity contribution < 1.29 is 0 Å². The Morgan fingerprint density at radius 2 is 2.33 bits per heavy atom. The summed E-state index contributed by atoms with van der Waals surface area (Å²) in [4.78, 5) is 0. The van der Waals surface area contributed by atoms with Crippen LogP contribution in [0.1, 0.15) is 13.3 Å². The van der Waals surface area contributed by atoms with Gasteiger partial charge in [0.05, 0.1) is 0 Å². The maximum atomic E-state index is 2.74. The molecule has 0 aliphatic rings. The van der Waals surface area contributed by atoms with Crippen LogP contribution in [0.25, 0.3) is 0 Å². The summed E-state index contributed by atoms with van der Waals surface area (Å²) in [6.07, 6.45) is 2.56. The van der Waals surface area contributed by atoms with E-state index in [0.717, 1.165) is 5.82 Å². The predicted octanol–water partition coefficient (Wildman–Crippen LogP) is 0.693. The maximum Gasteiger partial charge on any atom is 0.105 e. The Morgan fingerprint density at radius 1 is 1.83 bits per heavy atom. The van der Waals surface area contributed by atoms with Crippen molar-refractivity contribution in [1.82, 2.24) is 0 Å². The smallest absolute Gasteiger partial charge is 0.105 e. The lowest BCUT2D eigenvalue weighted by molar-refractivity contribution is 0.891. The van der Waals surface area contributed by atoms with Crippen molar-refractivity contribution in [2.45, 2.75) is 19.2 Å². The molecule has 0 radical (unpaired) electrons. The first-order valence-corrected chi connectivity index (χ1v) is 3.33. The van der Waals surface area contributed by atoms with Gasteiger partial charge < -0.3 is 0 Å². The third-order valence-corrected chi connectivity index (χ3v) is 1.90. The Labute approximate surface area is 43.3 Å². The van der Waals surface area contributed by atoms with Crippen molar-refractivity contribution in [2.75, 3.05) is 6.16 Å². The second-order valence-electron chi connectivity index (χ2n) is 1.75.